The first-order valence-corrected chi connectivity index (χ1v) is 4.20. The lowest BCUT2D eigenvalue weighted by molar-refractivity contribution is -0.141. The van der Waals surface area contributed by atoms with Crippen LogP contribution in [0.1, 0.15) is 19.0 Å². The van der Waals surface area contributed by atoms with Crippen molar-refractivity contribution in [3.8, 4) is 0 Å². The van der Waals surface area contributed by atoms with Gasteiger partial charge in [0.25, 0.3) is 0 Å². The topological polar surface area (TPSA) is 17.8 Å². The number of allylic oxidation sites excluding steroid dienone is 1. The van der Waals surface area contributed by atoms with Gasteiger partial charge in [-0.15, -0.1) is 0 Å². The zero-order valence-corrected chi connectivity index (χ0v) is 7.80. The Kier molecular flexibility index (Phi) is 2.98. The SMILES string of the molecule is C=C(CC)Cn1ccc(C(F)(F)F)n1. The van der Waals surface area contributed by atoms with Crippen LogP contribution in [-0.2, 0) is 12.7 Å². The van der Waals surface area contributed by atoms with Gasteiger partial charge in [0.1, 0.15) is 0 Å². The monoisotopic (exact) mass is 204 g/mol. The summed E-state index contributed by atoms with van der Waals surface area (Å²) in [6.45, 7) is 5.94. The maximum absolute atomic E-state index is 12.1. The number of alkyl halides is 3. The van der Waals surface area contributed by atoms with Crippen molar-refractivity contribution in [1.29, 1.82) is 0 Å². The summed E-state index contributed by atoms with van der Waals surface area (Å²) in [6.07, 6.45) is -2.32. The van der Waals surface area contributed by atoms with Crippen molar-refractivity contribution in [2.45, 2.75) is 26.1 Å². The van der Waals surface area contributed by atoms with Crippen molar-refractivity contribution >= 4 is 0 Å². The van der Waals surface area contributed by atoms with Crippen molar-refractivity contribution in [2.75, 3.05) is 0 Å². The highest BCUT2D eigenvalue weighted by Crippen LogP contribution is 2.27. The molecule has 0 fully saturated rings. The van der Waals surface area contributed by atoms with Crippen LogP contribution in [0.15, 0.2) is 24.4 Å². The average molecular weight is 204 g/mol. The summed E-state index contributed by atoms with van der Waals surface area (Å²) in [7, 11) is 0. The largest absolute Gasteiger partial charge is 0.435 e. The van der Waals surface area contributed by atoms with E-state index in [0.717, 1.165) is 18.1 Å². The Morgan fingerprint density at radius 1 is 1.57 bits per heavy atom. The molecule has 5 heteroatoms. The molecule has 0 unspecified atom stereocenters. The Morgan fingerprint density at radius 3 is 2.64 bits per heavy atom. The van der Waals surface area contributed by atoms with Gasteiger partial charge in [0.2, 0.25) is 0 Å². The fourth-order valence-electron chi connectivity index (χ4n) is 0.942. The molecule has 1 aromatic heterocycles. The summed E-state index contributed by atoms with van der Waals surface area (Å²) in [5.41, 5.74) is -0.0109. The summed E-state index contributed by atoms with van der Waals surface area (Å²) in [5, 5.41) is 3.40. The molecule has 0 bridgehead atoms. The summed E-state index contributed by atoms with van der Waals surface area (Å²) in [4.78, 5) is 0. The molecule has 0 spiro atoms. The Bertz CT molecular complexity index is 325. The first-order chi connectivity index (χ1) is 6.43. The summed E-state index contributed by atoms with van der Waals surface area (Å²) >= 11 is 0. The highest BCUT2D eigenvalue weighted by Gasteiger charge is 2.33. The fourth-order valence-corrected chi connectivity index (χ4v) is 0.942. The number of nitrogens with zero attached hydrogens (tertiary/aromatic N) is 2. The Hall–Kier alpha value is -1.26. The van der Waals surface area contributed by atoms with E-state index in [0.29, 0.717) is 6.54 Å². The molecule has 0 aliphatic heterocycles. The van der Waals surface area contributed by atoms with Gasteiger partial charge in [-0.2, -0.15) is 18.3 Å². The molecular formula is C9H11F3N2. The minimum atomic E-state index is -4.36. The van der Waals surface area contributed by atoms with Crippen LogP contribution in [0.2, 0.25) is 0 Å². The van der Waals surface area contributed by atoms with Crippen LogP contribution in [0, 0.1) is 0 Å². The van der Waals surface area contributed by atoms with Crippen LogP contribution >= 0.6 is 0 Å². The number of hydrogen-bond acceptors (Lipinski definition) is 1. The minimum Gasteiger partial charge on any atom is -0.268 e. The third kappa shape index (κ3) is 2.61. The Labute approximate surface area is 80.0 Å². The zero-order valence-electron chi connectivity index (χ0n) is 7.80. The zero-order chi connectivity index (χ0) is 10.8. The van der Waals surface area contributed by atoms with E-state index in [-0.39, 0.29) is 0 Å². The van der Waals surface area contributed by atoms with E-state index >= 15 is 0 Å². The molecule has 1 heterocycles. The van der Waals surface area contributed by atoms with Crippen LogP contribution in [0.3, 0.4) is 0 Å². The van der Waals surface area contributed by atoms with Gasteiger partial charge in [-0.05, 0) is 12.5 Å². The Morgan fingerprint density at radius 2 is 2.21 bits per heavy atom. The van der Waals surface area contributed by atoms with Gasteiger partial charge in [-0.25, -0.2) is 0 Å². The van der Waals surface area contributed by atoms with Crippen molar-refractivity contribution in [3.63, 3.8) is 0 Å². The Balaban J connectivity index is 2.74. The number of halogens is 3. The number of aromatic nitrogens is 2. The van der Waals surface area contributed by atoms with Gasteiger partial charge in [0.05, 0.1) is 6.54 Å². The molecular weight excluding hydrogens is 193 g/mol. The van der Waals surface area contributed by atoms with Crippen LogP contribution in [-0.4, -0.2) is 9.78 Å². The molecule has 0 saturated heterocycles. The van der Waals surface area contributed by atoms with Crippen LogP contribution in [0.4, 0.5) is 13.2 Å². The van der Waals surface area contributed by atoms with E-state index in [1.54, 1.807) is 0 Å². The van der Waals surface area contributed by atoms with Crippen molar-refractivity contribution in [3.05, 3.63) is 30.1 Å². The standard InChI is InChI=1S/C9H11F3N2/c1-3-7(2)6-14-5-4-8(13-14)9(10,11)12/h4-5H,2-3,6H2,1H3. The third-order valence-electron chi connectivity index (χ3n) is 1.82. The van der Waals surface area contributed by atoms with E-state index < -0.39 is 11.9 Å². The molecule has 78 valence electrons. The van der Waals surface area contributed by atoms with Crippen molar-refractivity contribution < 1.29 is 13.2 Å². The van der Waals surface area contributed by atoms with Crippen molar-refractivity contribution in [1.82, 2.24) is 9.78 Å². The summed E-state index contributed by atoms with van der Waals surface area (Å²) < 4.78 is 37.6. The van der Waals surface area contributed by atoms with E-state index in [1.807, 2.05) is 6.92 Å². The lowest BCUT2D eigenvalue weighted by atomic mass is 10.2. The van der Waals surface area contributed by atoms with E-state index in [4.69, 9.17) is 0 Å². The average Bonchev–Trinajstić information content (AvgIpc) is 2.51. The smallest absolute Gasteiger partial charge is 0.268 e. The molecule has 0 aliphatic carbocycles. The maximum Gasteiger partial charge on any atom is 0.435 e. The van der Waals surface area contributed by atoms with Gasteiger partial charge in [0.15, 0.2) is 5.69 Å². The lowest BCUT2D eigenvalue weighted by Crippen LogP contribution is -2.08. The molecule has 0 atom stereocenters. The second kappa shape index (κ2) is 3.86. The van der Waals surface area contributed by atoms with Crippen LogP contribution in [0.5, 0.6) is 0 Å². The van der Waals surface area contributed by atoms with Crippen LogP contribution in [0.25, 0.3) is 0 Å². The van der Waals surface area contributed by atoms with E-state index in [9.17, 15) is 13.2 Å². The molecule has 0 N–H and O–H groups in total. The number of rotatable bonds is 3. The molecule has 0 radical (unpaired) electrons. The lowest BCUT2D eigenvalue weighted by Gasteiger charge is -2.03. The predicted molar refractivity (Wildman–Crippen MR) is 46.7 cm³/mol. The highest BCUT2D eigenvalue weighted by atomic mass is 19.4. The normalized spacial score (nSPS) is 11.7. The third-order valence-corrected chi connectivity index (χ3v) is 1.82. The second-order valence-electron chi connectivity index (χ2n) is 3.00. The minimum absolute atomic E-state index is 0.340. The van der Waals surface area contributed by atoms with E-state index in [1.165, 1.54) is 10.9 Å². The second-order valence-corrected chi connectivity index (χ2v) is 3.00. The maximum atomic E-state index is 12.1. The fraction of sp³-hybridized carbons (Fsp3) is 0.444. The molecule has 0 amide bonds. The summed E-state index contributed by atoms with van der Waals surface area (Å²) in [6, 6.07) is 0.961. The molecule has 2 nitrogen and oxygen atoms in total. The van der Waals surface area contributed by atoms with E-state index in [2.05, 4.69) is 11.7 Å². The molecule has 1 rings (SSSR count). The first-order valence-electron chi connectivity index (χ1n) is 4.20. The molecule has 0 saturated carbocycles. The van der Waals surface area contributed by atoms with Gasteiger partial charge in [-0.3, -0.25) is 4.68 Å². The molecule has 0 aromatic carbocycles. The van der Waals surface area contributed by atoms with Gasteiger partial charge in [0, 0.05) is 6.20 Å². The molecule has 0 aliphatic rings. The van der Waals surface area contributed by atoms with Gasteiger partial charge >= 0.3 is 6.18 Å². The molecule has 1 aromatic rings. The van der Waals surface area contributed by atoms with Crippen molar-refractivity contribution in [2.24, 2.45) is 0 Å². The predicted octanol–water partition coefficient (Wildman–Crippen LogP) is 2.87. The highest BCUT2D eigenvalue weighted by molar-refractivity contribution is 5.04. The first kappa shape index (κ1) is 10.8. The molecule has 14 heavy (non-hydrogen) atoms. The number of hydrogen-bond donors (Lipinski definition) is 0. The van der Waals surface area contributed by atoms with Gasteiger partial charge in [-0.1, -0.05) is 19.1 Å². The van der Waals surface area contributed by atoms with Gasteiger partial charge < -0.3 is 0 Å². The van der Waals surface area contributed by atoms with Crippen LogP contribution < -0.4 is 0 Å². The summed E-state index contributed by atoms with van der Waals surface area (Å²) in [5.74, 6) is 0. The quantitative estimate of drug-likeness (QED) is 0.692.